The van der Waals surface area contributed by atoms with Gasteiger partial charge in [-0.1, -0.05) is 23.2 Å². The lowest BCUT2D eigenvalue weighted by molar-refractivity contribution is 0.415. The van der Waals surface area contributed by atoms with E-state index in [-0.39, 0.29) is 10.7 Å². The molecule has 6 heteroatoms. The SMILES string of the molecule is COc1cc(Nc2cc(Cl)c(F)cc2N)ccc1Cl. The Labute approximate surface area is 120 Å². The number of rotatable bonds is 3. The number of nitrogens with one attached hydrogen (secondary N) is 1. The van der Waals surface area contributed by atoms with Gasteiger partial charge in [-0.25, -0.2) is 4.39 Å². The molecule has 0 bridgehead atoms. The lowest BCUT2D eigenvalue weighted by Gasteiger charge is -2.12. The zero-order valence-corrected chi connectivity index (χ0v) is 11.5. The van der Waals surface area contributed by atoms with Crippen LogP contribution in [0, 0.1) is 5.82 Å². The molecule has 0 aliphatic rings. The second kappa shape index (κ2) is 5.55. The minimum absolute atomic E-state index is 0.00220. The van der Waals surface area contributed by atoms with Gasteiger partial charge in [0.2, 0.25) is 0 Å². The normalized spacial score (nSPS) is 10.3. The highest BCUT2D eigenvalue weighted by molar-refractivity contribution is 6.32. The number of hydrogen-bond acceptors (Lipinski definition) is 3. The maximum atomic E-state index is 13.2. The van der Waals surface area contributed by atoms with E-state index in [1.54, 1.807) is 18.2 Å². The Balaban J connectivity index is 2.33. The molecule has 0 saturated carbocycles. The Morgan fingerprint density at radius 3 is 2.58 bits per heavy atom. The third kappa shape index (κ3) is 3.03. The molecule has 3 N–H and O–H groups in total. The second-order valence-electron chi connectivity index (χ2n) is 3.83. The molecule has 0 heterocycles. The van der Waals surface area contributed by atoms with Gasteiger partial charge in [-0.05, 0) is 18.2 Å². The predicted molar refractivity (Wildman–Crippen MR) is 77.1 cm³/mol. The van der Waals surface area contributed by atoms with E-state index in [4.69, 9.17) is 33.7 Å². The fraction of sp³-hybridized carbons (Fsp3) is 0.0769. The van der Waals surface area contributed by atoms with Crippen molar-refractivity contribution in [2.24, 2.45) is 0 Å². The molecule has 3 nitrogen and oxygen atoms in total. The average molecular weight is 301 g/mol. The van der Waals surface area contributed by atoms with Gasteiger partial charge in [0.05, 0.1) is 28.5 Å². The highest BCUT2D eigenvalue weighted by Crippen LogP contribution is 2.32. The first kappa shape index (κ1) is 13.8. The van der Waals surface area contributed by atoms with Gasteiger partial charge in [-0.3, -0.25) is 0 Å². The van der Waals surface area contributed by atoms with E-state index >= 15 is 0 Å². The number of ether oxygens (including phenoxy) is 1. The first-order chi connectivity index (χ1) is 9.01. The van der Waals surface area contributed by atoms with E-state index in [0.29, 0.717) is 22.1 Å². The summed E-state index contributed by atoms with van der Waals surface area (Å²) in [7, 11) is 1.52. The summed E-state index contributed by atoms with van der Waals surface area (Å²) in [6, 6.07) is 7.73. The monoisotopic (exact) mass is 300 g/mol. The molecule has 0 radical (unpaired) electrons. The molecule has 19 heavy (non-hydrogen) atoms. The molecule has 0 aromatic heterocycles. The number of halogens is 3. The third-order valence-electron chi connectivity index (χ3n) is 2.52. The van der Waals surface area contributed by atoms with Gasteiger partial charge in [-0.2, -0.15) is 0 Å². The molecule has 0 atom stereocenters. The third-order valence-corrected chi connectivity index (χ3v) is 3.12. The number of benzene rings is 2. The zero-order chi connectivity index (χ0) is 14.0. The van der Waals surface area contributed by atoms with E-state index in [1.807, 2.05) is 0 Å². The summed E-state index contributed by atoms with van der Waals surface area (Å²) in [5.41, 5.74) is 7.19. The zero-order valence-electron chi connectivity index (χ0n) is 10.0. The molecule has 100 valence electrons. The minimum Gasteiger partial charge on any atom is -0.495 e. The molecular formula is C13H11Cl2FN2O. The van der Waals surface area contributed by atoms with Crippen LogP contribution in [0.15, 0.2) is 30.3 Å². The van der Waals surface area contributed by atoms with Gasteiger partial charge in [0.25, 0.3) is 0 Å². The minimum atomic E-state index is -0.557. The summed E-state index contributed by atoms with van der Waals surface area (Å²) < 4.78 is 18.3. The van der Waals surface area contributed by atoms with Crippen molar-refractivity contribution < 1.29 is 9.13 Å². The molecule has 0 spiro atoms. The Morgan fingerprint density at radius 2 is 1.89 bits per heavy atom. The van der Waals surface area contributed by atoms with Crippen LogP contribution < -0.4 is 15.8 Å². The van der Waals surface area contributed by atoms with E-state index < -0.39 is 5.82 Å². The van der Waals surface area contributed by atoms with Crippen molar-refractivity contribution in [2.45, 2.75) is 0 Å². The molecule has 0 fully saturated rings. The highest BCUT2D eigenvalue weighted by atomic mass is 35.5. The van der Waals surface area contributed by atoms with Gasteiger partial charge in [0.1, 0.15) is 11.6 Å². The summed E-state index contributed by atoms with van der Waals surface area (Å²) in [6.45, 7) is 0. The Kier molecular flexibility index (Phi) is 4.02. The number of nitrogens with two attached hydrogens (primary N) is 1. The van der Waals surface area contributed by atoms with Crippen molar-refractivity contribution in [3.8, 4) is 5.75 Å². The van der Waals surface area contributed by atoms with Crippen molar-refractivity contribution >= 4 is 40.3 Å². The smallest absolute Gasteiger partial charge is 0.143 e. The predicted octanol–water partition coefficient (Wildman–Crippen LogP) is 4.47. The van der Waals surface area contributed by atoms with E-state index in [0.717, 1.165) is 6.07 Å². The maximum Gasteiger partial charge on any atom is 0.143 e. The first-order valence-corrected chi connectivity index (χ1v) is 6.12. The van der Waals surface area contributed by atoms with Gasteiger partial charge in [-0.15, -0.1) is 0 Å². The van der Waals surface area contributed by atoms with Crippen molar-refractivity contribution in [1.82, 2.24) is 0 Å². The van der Waals surface area contributed by atoms with Crippen LogP contribution in [0.3, 0.4) is 0 Å². The van der Waals surface area contributed by atoms with Gasteiger partial charge in [0, 0.05) is 17.8 Å². The summed E-state index contributed by atoms with van der Waals surface area (Å²) in [4.78, 5) is 0. The summed E-state index contributed by atoms with van der Waals surface area (Å²) in [5.74, 6) is -0.0307. The fourth-order valence-electron chi connectivity index (χ4n) is 1.56. The van der Waals surface area contributed by atoms with Crippen molar-refractivity contribution in [2.75, 3.05) is 18.2 Å². The van der Waals surface area contributed by atoms with Gasteiger partial charge < -0.3 is 15.8 Å². The van der Waals surface area contributed by atoms with Crippen LogP contribution in [0.2, 0.25) is 10.0 Å². The highest BCUT2D eigenvalue weighted by Gasteiger charge is 2.08. The van der Waals surface area contributed by atoms with Crippen LogP contribution in [0.5, 0.6) is 5.75 Å². The van der Waals surface area contributed by atoms with E-state index in [2.05, 4.69) is 5.32 Å². The van der Waals surface area contributed by atoms with E-state index in [9.17, 15) is 4.39 Å². The molecule has 2 aromatic rings. The summed E-state index contributed by atoms with van der Waals surface area (Å²) >= 11 is 11.6. The van der Waals surface area contributed by atoms with Crippen molar-refractivity contribution in [3.63, 3.8) is 0 Å². The Morgan fingerprint density at radius 1 is 1.16 bits per heavy atom. The van der Waals surface area contributed by atoms with Crippen molar-refractivity contribution in [3.05, 3.63) is 46.2 Å². The summed E-state index contributed by atoms with van der Waals surface area (Å²) in [5, 5.41) is 3.52. The summed E-state index contributed by atoms with van der Waals surface area (Å²) in [6.07, 6.45) is 0. The first-order valence-electron chi connectivity index (χ1n) is 5.36. The van der Waals surface area contributed by atoms with Crippen LogP contribution in [0.4, 0.5) is 21.5 Å². The standard InChI is InChI=1S/C13H11Cl2FN2O/c1-19-13-4-7(2-3-8(13)14)18-12-5-9(15)10(16)6-11(12)17/h2-6,18H,17H2,1H3. The number of methoxy groups -OCH3 is 1. The molecule has 0 unspecified atom stereocenters. The molecular weight excluding hydrogens is 290 g/mol. The van der Waals surface area contributed by atoms with Crippen LogP contribution in [0.25, 0.3) is 0 Å². The molecule has 0 aliphatic carbocycles. The largest absolute Gasteiger partial charge is 0.495 e. The number of hydrogen-bond donors (Lipinski definition) is 2. The maximum absolute atomic E-state index is 13.2. The molecule has 2 rings (SSSR count). The quantitative estimate of drug-likeness (QED) is 0.822. The fourth-order valence-corrected chi connectivity index (χ4v) is 1.92. The number of anilines is 3. The lowest BCUT2D eigenvalue weighted by atomic mass is 10.2. The molecule has 0 saturated heterocycles. The molecule has 0 amide bonds. The number of nitrogen functional groups attached to an aromatic ring is 1. The van der Waals surface area contributed by atoms with Crippen LogP contribution in [-0.4, -0.2) is 7.11 Å². The molecule has 2 aromatic carbocycles. The van der Waals surface area contributed by atoms with Crippen LogP contribution in [0.1, 0.15) is 0 Å². The van der Waals surface area contributed by atoms with Gasteiger partial charge >= 0.3 is 0 Å². The van der Waals surface area contributed by atoms with E-state index in [1.165, 1.54) is 13.2 Å². The second-order valence-corrected chi connectivity index (χ2v) is 4.64. The average Bonchev–Trinajstić information content (AvgIpc) is 2.38. The van der Waals surface area contributed by atoms with Crippen molar-refractivity contribution in [1.29, 1.82) is 0 Å². The van der Waals surface area contributed by atoms with Crippen LogP contribution in [-0.2, 0) is 0 Å². The lowest BCUT2D eigenvalue weighted by Crippen LogP contribution is -1.98. The Bertz CT molecular complexity index is 620. The van der Waals surface area contributed by atoms with Crippen LogP contribution >= 0.6 is 23.2 Å². The van der Waals surface area contributed by atoms with Gasteiger partial charge in [0.15, 0.2) is 0 Å². The topological polar surface area (TPSA) is 47.3 Å². The molecule has 0 aliphatic heterocycles. The Hall–Kier alpha value is -1.65.